The summed E-state index contributed by atoms with van der Waals surface area (Å²) >= 11 is 0. The van der Waals surface area contributed by atoms with Crippen LogP contribution in [0.1, 0.15) is 22.6 Å². The number of hydrogen-bond donors (Lipinski definition) is 2. The molecule has 0 spiro atoms. The SMILES string of the molecule is COc1cc(C)c(S(=O)(=O)NCCc2cnc(C)[nH]2)cc1C. The minimum absolute atomic E-state index is 0.284. The monoisotopic (exact) mass is 323 g/mol. The standard InChI is InChI=1S/C15H21N3O3S/c1-10-8-15(11(2)7-14(10)21-4)22(19,20)17-6-5-13-9-16-12(3)18-13/h7-9,17H,5-6H2,1-4H3,(H,16,18). The molecule has 2 rings (SSSR count). The highest BCUT2D eigenvalue weighted by atomic mass is 32.2. The van der Waals surface area contributed by atoms with E-state index in [2.05, 4.69) is 14.7 Å². The highest BCUT2D eigenvalue weighted by molar-refractivity contribution is 7.89. The van der Waals surface area contributed by atoms with Crippen LogP contribution in [0.2, 0.25) is 0 Å². The van der Waals surface area contributed by atoms with E-state index in [1.165, 1.54) is 0 Å². The summed E-state index contributed by atoms with van der Waals surface area (Å²) in [7, 11) is -1.97. The van der Waals surface area contributed by atoms with Crippen molar-refractivity contribution in [3.63, 3.8) is 0 Å². The van der Waals surface area contributed by atoms with Crippen LogP contribution in [0.15, 0.2) is 23.2 Å². The summed E-state index contributed by atoms with van der Waals surface area (Å²) in [6, 6.07) is 3.37. The molecular weight excluding hydrogens is 302 g/mol. The van der Waals surface area contributed by atoms with Crippen molar-refractivity contribution < 1.29 is 13.2 Å². The lowest BCUT2D eigenvalue weighted by Gasteiger charge is -2.12. The number of aromatic amines is 1. The second kappa shape index (κ2) is 6.50. The zero-order valence-corrected chi connectivity index (χ0v) is 14.0. The molecule has 120 valence electrons. The molecule has 0 fully saturated rings. The summed E-state index contributed by atoms with van der Waals surface area (Å²) in [5.74, 6) is 1.50. The molecule has 0 unspecified atom stereocenters. The van der Waals surface area contributed by atoms with Gasteiger partial charge in [-0.3, -0.25) is 0 Å². The number of aryl methyl sites for hydroxylation is 3. The van der Waals surface area contributed by atoms with Crippen LogP contribution in [0.3, 0.4) is 0 Å². The van der Waals surface area contributed by atoms with Gasteiger partial charge in [-0.2, -0.15) is 0 Å². The third-order valence-corrected chi connectivity index (χ3v) is 5.03. The highest BCUT2D eigenvalue weighted by Crippen LogP contribution is 2.25. The van der Waals surface area contributed by atoms with Crippen LogP contribution < -0.4 is 9.46 Å². The van der Waals surface area contributed by atoms with Crippen molar-refractivity contribution in [3.05, 3.63) is 41.0 Å². The van der Waals surface area contributed by atoms with Gasteiger partial charge in [0.2, 0.25) is 10.0 Å². The molecule has 6 nitrogen and oxygen atoms in total. The van der Waals surface area contributed by atoms with Gasteiger partial charge in [-0.15, -0.1) is 0 Å². The zero-order chi connectivity index (χ0) is 16.3. The van der Waals surface area contributed by atoms with E-state index in [1.54, 1.807) is 32.4 Å². The topological polar surface area (TPSA) is 84.1 Å². The number of H-pyrrole nitrogens is 1. The number of imidazole rings is 1. The molecule has 0 radical (unpaired) electrons. The van der Waals surface area contributed by atoms with Gasteiger partial charge in [-0.05, 0) is 44.0 Å². The number of ether oxygens (including phenoxy) is 1. The maximum Gasteiger partial charge on any atom is 0.240 e. The van der Waals surface area contributed by atoms with Crippen molar-refractivity contribution in [1.29, 1.82) is 0 Å². The lowest BCUT2D eigenvalue weighted by atomic mass is 10.1. The molecule has 2 aromatic rings. The van der Waals surface area contributed by atoms with Gasteiger partial charge in [0.05, 0.1) is 12.0 Å². The molecule has 7 heteroatoms. The summed E-state index contributed by atoms with van der Waals surface area (Å²) in [6.45, 7) is 5.76. The molecule has 0 aliphatic heterocycles. The molecule has 1 aromatic carbocycles. The van der Waals surface area contributed by atoms with Gasteiger partial charge in [0, 0.05) is 24.9 Å². The van der Waals surface area contributed by atoms with Crippen molar-refractivity contribution in [2.45, 2.75) is 32.1 Å². The Morgan fingerprint density at radius 1 is 1.23 bits per heavy atom. The third kappa shape index (κ3) is 3.66. The van der Waals surface area contributed by atoms with Crippen LogP contribution in [-0.2, 0) is 16.4 Å². The third-order valence-electron chi connectivity index (χ3n) is 3.42. The molecule has 0 saturated heterocycles. The number of hydrogen-bond acceptors (Lipinski definition) is 4. The van der Waals surface area contributed by atoms with E-state index in [-0.39, 0.29) is 4.90 Å². The van der Waals surface area contributed by atoms with E-state index >= 15 is 0 Å². The van der Waals surface area contributed by atoms with E-state index in [0.29, 0.717) is 24.3 Å². The Hall–Kier alpha value is -1.86. The first-order valence-electron chi connectivity index (χ1n) is 6.99. The predicted molar refractivity (Wildman–Crippen MR) is 84.7 cm³/mol. The maximum atomic E-state index is 12.4. The molecule has 2 N–H and O–H groups in total. The van der Waals surface area contributed by atoms with E-state index < -0.39 is 10.0 Å². The molecule has 1 heterocycles. The van der Waals surface area contributed by atoms with E-state index in [0.717, 1.165) is 17.1 Å². The molecule has 0 atom stereocenters. The molecule has 0 bridgehead atoms. The molecule has 1 aromatic heterocycles. The summed E-state index contributed by atoms with van der Waals surface area (Å²) in [5.41, 5.74) is 2.35. The summed E-state index contributed by atoms with van der Waals surface area (Å²) in [4.78, 5) is 7.45. The van der Waals surface area contributed by atoms with Crippen LogP contribution in [0.5, 0.6) is 5.75 Å². The fourth-order valence-electron chi connectivity index (χ4n) is 2.27. The van der Waals surface area contributed by atoms with E-state index in [1.807, 2.05) is 13.8 Å². The Labute approximate surface area is 131 Å². The van der Waals surface area contributed by atoms with Crippen molar-refractivity contribution >= 4 is 10.0 Å². The first kappa shape index (κ1) is 16.5. The number of benzene rings is 1. The second-order valence-corrected chi connectivity index (χ2v) is 6.96. The van der Waals surface area contributed by atoms with Gasteiger partial charge >= 0.3 is 0 Å². The van der Waals surface area contributed by atoms with Gasteiger partial charge in [0.15, 0.2) is 0 Å². The fraction of sp³-hybridized carbons (Fsp3) is 0.400. The minimum Gasteiger partial charge on any atom is -0.496 e. The smallest absolute Gasteiger partial charge is 0.240 e. The van der Waals surface area contributed by atoms with Gasteiger partial charge < -0.3 is 9.72 Å². The van der Waals surface area contributed by atoms with Gasteiger partial charge in [-0.25, -0.2) is 18.1 Å². The van der Waals surface area contributed by atoms with Crippen molar-refractivity contribution in [1.82, 2.24) is 14.7 Å². The first-order valence-corrected chi connectivity index (χ1v) is 8.47. The van der Waals surface area contributed by atoms with Gasteiger partial charge in [0.25, 0.3) is 0 Å². The molecule has 22 heavy (non-hydrogen) atoms. The summed E-state index contributed by atoms with van der Waals surface area (Å²) < 4.78 is 32.7. The average molecular weight is 323 g/mol. The van der Waals surface area contributed by atoms with E-state index in [9.17, 15) is 8.42 Å². The number of sulfonamides is 1. The molecule has 0 aliphatic rings. The van der Waals surface area contributed by atoms with Crippen molar-refractivity contribution in [2.75, 3.05) is 13.7 Å². The number of aromatic nitrogens is 2. The maximum absolute atomic E-state index is 12.4. The highest BCUT2D eigenvalue weighted by Gasteiger charge is 2.18. The Morgan fingerprint density at radius 3 is 2.55 bits per heavy atom. The lowest BCUT2D eigenvalue weighted by molar-refractivity contribution is 0.411. The van der Waals surface area contributed by atoms with Crippen molar-refractivity contribution in [2.24, 2.45) is 0 Å². The van der Waals surface area contributed by atoms with Crippen LogP contribution >= 0.6 is 0 Å². The Kier molecular flexibility index (Phi) is 4.87. The van der Waals surface area contributed by atoms with Crippen LogP contribution in [0, 0.1) is 20.8 Å². The number of rotatable bonds is 6. The molecule has 0 aliphatic carbocycles. The second-order valence-electron chi connectivity index (χ2n) is 5.23. The fourth-order valence-corrected chi connectivity index (χ4v) is 3.61. The zero-order valence-electron chi connectivity index (χ0n) is 13.2. The largest absolute Gasteiger partial charge is 0.496 e. The van der Waals surface area contributed by atoms with Crippen molar-refractivity contribution in [3.8, 4) is 5.75 Å². The molecular formula is C15H21N3O3S. The minimum atomic E-state index is -3.54. The summed E-state index contributed by atoms with van der Waals surface area (Å²) in [6.07, 6.45) is 2.28. The van der Waals surface area contributed by atoms with E-state index in [4.69, 9.17) is 4.74 Å². The molecule has 0 amide bonds. The van der Waals surface area contributed by atoms with Crippen LogP contribution in [-0.4, -0.2) is 32.0 Å². The quantitative estimate of drug-likeness (QED) is 0.850. The predicted octanol–water partition coefficient (Wildman–Crippen LogP) is 1.86. The van der Waals surface area contributed by atoms with Gasteiger partial charge in [-0.1, -0.05) is 0 Å². The Bertz CT molecular complexity index is 766. The average Bonchev–Trinajstić information content (AvgIpc) is 2.86. The Morgan fingerprint density at radius 2 is 1.95 bits per heavy atom. The number of methoxy groups -OCH3 is 1. The van der Waals surface area contributed by atoms with Gasteiger partial charge in [0.1, 0.15) is 11.6 Å². The normalized spacial score (nSPS) is 11.6. The van der Waals surface area contributed by atoms with Crippen LogP contribution in [0.4, 0.5) is 0 Å². The number of nitrogens with zero attached hydrogens (tertiary/aromatic N) is 1. The number of nitrogens with one attached hydrogen (secondary N) is 2. The Balaban J connectivity index is 2.11. The molecule has 0 saturated carbocycles. The summed E-state index contributed by atoms with van der Waals surface area (Å²) in [5, 5.41) is 0. The first-order chi connectivity index (χ1) is 10.3. The lowest BCUT2D eigenvalue weighted by Crippen LogP contribution is -2.26. The van der Waals surface area contributed by atoms with Crippen LogP contribution in [0.25, 0.3) is 0 Å².